The molecule has 2 aliphatic rings. The molecule has 0 amide bonds. The van der Waals surface area contributed by atoms with Crippen LogP contribution < -0.4 is 5.32 Å². The second-order valence-corrected chi connectivity index (χ2v) is 5.81. The van der Waals surface area contributed by atoms with Gasteiger partial charge in [-0.05, 0) is 83.1 Å². The summed E-state index contributed by atoms with van der Waals surface area (Å²) in [6, 6.07) is 0. The standard InChI is InChI=1S/C14H27N2O/c17-12-14-5-9-16(10-6-14)8-2-4-13-3-1-7-15-11-13/h13-15H,1-12H2. The highest BCUT2D eigenvalue weighted by Crippen LogP contribution is 2.19. The maximum Gasteiger partial charge on any atom is 0.0851 e. The fourth-order valence-corrected chi connectivity index (χ4v) is 3.15. The van der Waals surface area contributed by atoms with E-state index in [1.165, 1.54) is 45.3 Å². The van der Waals surface area contributed by atoms with Gasteiger partial charge in [0.05, 0.1) is 6.61 Å². The van der Waals surface area contributed by atoms with Gasteiger partial charge < -0.3 is 10.2 Å². The molecule has 0 bridgehead atoms. The quantitative estimate of drug-likeness (QED) is 0.795. The van der Waals surface area contributed by atoms with Crippen molar-refractivity contribution in [1.82, 2.24) is 10.2 Å². The Bertz CT molecular complexity index is 196. The minimum atomic E-state index is 0.140. The fourth-order valence-electron chi connectivity index (χ4n) is 3.15. The van der Waals surface area contributed by atoms with Gasteiger partial charge >= 0.3 is 0 Å². The molecule has 1 N–H and O–H groups in total. The molecule has 2 fully saturated rings. The van der Waals surface area contributed by atoms with E-state index in [0.29, 0.717) is 5.92 Å². The van der Waals surface area contributed by atoms with Crippen molar-refractivity contribution >= 4 is 0 Å². The number of likely N-dealkylation sites (tertiary alicyclic amines) is 1. The zero-order chi connectivity index (χ0) is 11.9. The minimum absolute atomic E-state index is 0.140. The lowest BCUT2D eigenvalue weighted by molar-refractivity contribution is 0.0901. The van der Waals surface area contributed by atoms with Crippen molar-refractivity contribution in [3.63, 3.8) is 0 Å². The van der Waals surface area contributed by atoms with Crippen LogP contribution in [0, 0.1) is 11.8 Å². The summed E-state index contributed by atoms with van der Waals surface area (Å²) < 4.78 is 0. The summed E-state index contributed by atoms with van der Waals surface area (Å²) in [5.41, 5.74) is 0. The Morgan fingerprint density at radius 1 is 1.12 bits per heavy atom. The fraction of sp³-hybridized carbons (Fsp3) is 1.00. The summed E-state index contributed by atoms with van der Waals surface area (Å²) in [5.74, 6) is 1.39. The van der Waals surface area contributed by atoms with Crippen LogP contribution in [0.2, 0.25) is 0 Å². The largest absolute Gasteiger partial charge is 0.316 e. The SMILES string of the molecule is [O]CC1CCN(CCCC2CCCNC2)CC1. The van der Waals surface area contributed by atoms with E-state index >= 15 is 0 Å². The molecule has 0 spiro atoms. The molecular weight excluding hydrogens is 212 g/mol. The van der Waals surface area contributed by atoms with Gasteiger partial charge in [0, 0.05) is 0 Å². The monoisotopic (exact) mass is 239 g/mol. The molecule has 0 aromatic rings. The van der Waals surface area contributed by atoms with E-state index in [0.717, 1.165) is 31.8 Å². The highest BCUT2D eigenvalue weighted by atomic mass is 16.3. The zero-order valence-electron chi connectivity index (χ0n) is 11.0. The van der Waals surface area contributed by atoms with Gasteiger partial charge in [0.25, 0.3) is 0 Å². The van der Waals surface area contributed by atoms with Crippen LogP contribution in [0.4, 0.5) is 0 Å². The van der Waals surface area contributed by atoms with Crippen molar-refractivity contribution in [1.29, 1.82) is 0 Å². The third kappa shape index (κ3) is 4.57. The smallest absolute Gasteiger partial charge is 0.0851 e. The molecule has 1 unspecified atom stereocenters. The zero-order valence-corrected chi connectivity index (χ0v) is 11.0. The molecule has 3 nitrogen and oxygen atoms in total. The van der Waals surface area contributed by atoms with Crippen molar-refractivity contribution in [2.24, 2.45) is 11.8 Å². The Labute approximate surface area is 106 Å². The molecule has 0 aliphatic carbocycles. The third-order valence-corrected chi connectivity index (χ3v) is 4.43. The predicted molar refractivity (Wildman–Crippen MR) is 69.5 cm³/mol. The lowest BCUT2D eigenvalue weighted by Crippen LogP contribution is -2.36. The summed E-state index contributed by atoms with van der Waals surface area (Å²) in [6.45, 7) is 6.17. The van der Waals surface area contributed by atoms with E-state index < -0.39 is 0 Å². The molecule has 0 aromatic heterocycles. The van der Waals surface area contributed by atoms with Crippen LogP contribution in [0.3, 0.4) is 0 Å². The van der Waals surface area contributed by atoms with Crippen LogP contribution >= 0.6 is 0 Å². The number of nitrogens with one attached hydrogen (secondary N) is 1. The molecule has 99 valence electrons. The van der Waals surface area contributed by atoms with Gasteiger partial charge in [-0.3, -0.25) is 0 Å². The van der Waals surface area contributed by atoms with E-state index in [4.69, 9.17) is 0 Å². The van der Waals surface area contributed by atoms with Crippen LogP contribution in [0.25, 0.3) is 0 Å². The average molecular weight is 239 g/mol. The summed E-state index contributed by atoms with van der Waals surface area (Å²) in [5, 5.41) is 14.3. The molecule has 2 rings (SSSR count). The van der Waals surface area contributed by atoms with E-state index in [9.17, 15) is 5.11 Å². The van der Waals surface area contributed by atoms with Crippen LogP contribution in [-0.4, -0.2) is 44.2 Å². The number of nitrogens with zero attached hydrogens (tertiary/aromatic N) is 1. The van der Waals surface area contributed by atoms with Crippen LogP contribution in [0.1, 0.15) is 38.5 Å². The molecule has 0 saturated carbocycles. The van der Waals surface area contributed by atoms with Crippen molar-refractivity contribution in [3.05, 3.63) is 0 Å². The normalized spacial score (nSPS) is 28.4. The topological polar surface area (TPSA) is 35.2 Å². The summed E-state index contributed by atoms with van der Waals surface area (Å²) in [4.78, 5) is 2.56. The molecule has 3 heteroatoms. The first-order valence-corrected chi connectivity index (χ1v) is 7.39. The molecule has 2 heterocycles. The van der Waals surface area contributed by atoms with Gasteiger partial charge in [0.2, 0.25) is 0 Å². The molecule has 2 saturated heterocycles. The van der Waals surface area contributed by atoms with Crippen molar-refractivity contribution in [2.45, 2.75) is 38.5 Å². The maximum absolute atomic E-state index is 10.8. The Kier molecular flexibility index (Phi) is 5.75. The van der Waals surface area contributed by atoms with Gasteiger partial charge in [-0.25, -0.2) is 5.11 Å². The molecule has 1 atom stereocenters. The van der Waals surface area contributed by atoms with Crippen LogP contribution in [0.15, 0.2) is 0 Å². The lowest BCUT2D eigenvalue weighted by atomic mass is 9.94. The van der Waals surface area contributed by atoms with Crippen molar-refractivity contribution < 1.29 is 5.11 Å². The molecule has 2 aliphatic heterocycles. The maximum atomic E-state index is 10.8. The summed E-state index contributed by atoms with van der Waals surface area (Å²) >= 11 is 0. The van der Waals surface area contributed by atoms with Crippen LogP contribution in [0.5, 0.6) is 0 Å². The number of hydrogen-bond donors (Lipinski definition) is 1. The molecule has 17 heavy (non-hydrogen) atoms. The number of piperidine rings is 2. The van der Waals surface area contributed by atoms with E-state index in [1.807, 2.05) is 0 Å². The first-order chi connectivity index (χ1) is 8.38. The van der Waals surface area contributed by atoms with Crippen molar-refractivity contribution in [2.75, 3.05) is 39.3 Å². The first-order valence-electron chi connectivity index (χ1n) is 7.39. The summed E-state index contributed by atoms with van der Waals surface area (Å²) in [7, 11) is 0. The van der Waals surface area contributed by atoms with E-state index in [1.54, 1.807) is 0 Å². The number of hydrogen-bond acceptors (Lipinski definition) is 2. The summed E-state index contributed by atoms with van der Waals surface area (Å²) in [6.07, 6.45) is 7.77. The average Bonchev–Trinajstić information content (AvgIpc) is 2.41. The third-order valence-electron chi connectivity index (χ3n) is 4.43. The number of rotatable bonds is 5. The van der Waals surface area contributed by atoms with Gasteiger partial charge in [0.1, 0.15) is 0 Å². The van der Waals surface area contributed by atoms with Crippen molar-refractivity contribution in [3.8, 4) is 0 Å². The second-order valence-electron chi connectivity index (χ2n) is 5.81. The van der Waals surface area contributed by atoms with E-state index in [2.05, 4.69) is 10.2 Å². The predicted octanol–water partition coefficient (Wildman–Crippen LogP) is 1.91. The van der Waals surface area contributed by atoms with Gasteiger partial charge in [-0.1, -0.05) is 0 Å². The minimum Gasteiger partial charge on any atom is -0.316 e. The first kappa shape index (κ1) is 13.3. The molecule has 0 aromatic carbocycles. The lowest BCUT2D eigenvalue weighted by Gasteiger charge is -2.31. The Hall–Kier alpha value is -0.120. The Morgan fingerprint density at radius 2 is 1.94 bits per heavy atom. The molecule has 1 radical (unpaired) electrons. The van der Waals surface area contributed by atoms with Gasteiger partial charge in [-0.2, -0.15) is 0 Å². The van der Waals surface area contributed by atoms with Gasteiger partial charge in [0.15, 0.2) is 0 Å². The second kappa shape index (κ2) is 7.34. The molecular formula is C14H27N2O. The Morgan fingerprint density at radius 3 is 2.59 bits per heavy atom. The van der Waals surface area contributed by atoms with Gasteiger partial charge in [-0.15, -0.1) is 0 Å². The van der Waals surface area contributed by atoms with E-state index in [-0.39, 0.29) is 6.61 Å². The Balaban J connectivity index is 1.53. The van der Waals surface area contributed by atoms with Crippen LogP contribution in [-0.2, 0) is 5.11 Å². The highest BCUT2D eigenvalue weighted by Gasteiger charge is 2.19. The highest BCUT2D eigenvalue weighted by molar-refractivity contribution is 4.73.